The van der Waals surface area contributed by atoms with Crippen LogP contribution in [0, 0.1) is 0 Å². The van der Waals surface area contributed by atoms with Crippen LogP contribution < -0.4 is 10.6 Å². The number of hydrogen-bond donors (Lipinski definition) is 2. The lowest BCUT2D eigenvalue weighted by Crippen LogP contribution is -2.37. The Morgan fingerprint density at radius 3 is 2.64 bits per heavy atom. The first-order chi connectivity index (χ1) is 16.2. The monoisotopic (exact) mass is 447 g/mol. The van der Waals surface area contributed by atoms with Crippen LogP contribution in [0.4, 0.5) is 11.4 Å². The molecule has 1 atom stereocenters. The quantitative estimate of drug-likeness (QED) is 0.123. The number of ketones is 1. The van der Waals surface area contributed by atoms with Crippen LogP contribution >= 0.6 is 0 Å². The van der Waals surface area contributed by atoms with Gasteiger partial charge in [-0.1, -0.05) is 24.3 Å². The van der Waals surface area contributed by atoms with Crippen molar-refractivity contribution in [3.05, 3.63) is 48.0 Å². The topological polar surface area (TPSA) is 83.2 Å². The second-order valence-electron chi connectivity index (χ2n) is 8.61. The van der Waals surface area contributed by atoms with E-state index in [1.807, 2.05) is 30.3 Å². The smallest absolute Gasteiger partial charge is 0.226 e. The molecule has 0 saturated carbocycles. The molecule has 7 nitrogen and oxygen atoms in total. The van der Waals surface area contributed by atoms with Crippen molar-refractivity contribution in [2.45, 2.75) is 12.5 Å². The van der Waals surface area contributed by atoms with E-state index in [9.17, 15) is 9.59 Å². The summed E-state index contributed by atoms with van der Waals surface area (Å²) in [5, 5.41) is 10.4. The van der Waals surface area contributed by atoms with Gasteiger partial charge < -0.3 is 20.1 Å². The Hall–Kier alpha value is -3.00. The molecule has 2 aliphatic heterocycles. The number of Topliss-reactive ketones (excluding diaryl/α,β-unsaturated/α-hetero) is 1. The molecule has 2 fully saturated rings. The van der Waals surface area contributed by atoms with Crippen molar-refractivity contribution >= 4 is 45.0 Å². The summed E-state index contributed by atoms with van der Waals surface area (Å²) >= 11 is 0. The summed E-state index contributed by atoms with van der Waals surface area (Å²) in [5.41, 5.74) is 2.26. The molecular weight excluding hydrogens is 418 g/mol. The number of epoxide rings is 1. The number of rotatable bonds is 10. The first-order valence-electron chi connectivity index (χ1n) is 11.6. The molecule has 7 heteroatoms. The normalized spacial score (nSPS) is 18.4. The number of benzene rings is 3. The Labute approximate surface area is 193 Å². The van der Waals surface area contributed by atoms with Gasteiger partial charge in [0.1, 0.15) is 0 Å². The number of morpholine rings is 1. The van der Waals surface area contributed by atoms with E-state index in [1.165, 1.54) is 0 Å². The van der Waals surface area contributed by atoms with Crippen molar-refractivity contribution in [3.8, 4) is 0 Å². The van der Waals surface area contributed by atoms with Gasteiger partial charge >= 0.3 is 0 Å². The van der Waals surface area contributed by atoms with E-state index in [0.717, 1.165) is 85.3 Å². The number of aldehydes is 1. The number of fused-ring (bicyclic) bond motifs is 2. The van der Waals surface area contributed by atoms with Crippen LogP contribution in [-0.4, -0.2) is 75.6 Å². The standard InChI is InChI=1S/C26H29N3O4/c30-16-24(31)26-20-5-2-1-4-18(20)14-21-22(27-8-3-9-29-10-12-32-13-11-29)6-7-23(25(21)26)28-15-19-17-33-19/h1-2,4-7,14,16,19,27-28H,3,8-13,15,17H2. The highest BCUT2D eigenvalue weighted by Crippen LogP contribution is 2.38. The summed E-state index contributed by atoms with van der Waals surface area (Å²) in [5.74, 6) is -0.507. The highest BCUT2D eigenvalue weighted by Gasteiger charge is 2.24. The molecule has 0 amide bonds. The fourth-order valence-corrected chi connectivity index (χ4v) is 4.56. The Bertz CT molecular complexity index is 1170. The summed E-state index contributed by atoms with van der Waals surface area (Å²) in [6.45, 7) is 6.83. The van der Waals surface area contributed by atoms with Gasteiger partial charge in [0.2, 0.25) is 5.78 Å². The SMILES string of the molecule is O=CC(=O)c1c2ccccc2cc2c(NCCCN3CCOCC3)ccc(NCC3CO3)c12. The Morgan fingerprint density at radius 1 is 1.06 bits per heavy atom. The van der Waals surface area contributed by atoms with Crippen LogP contribution in [0.3, 0.4) is 0 Å². The van der Waals surface area contributed by atoms with Gasteiger partial charge in [0, 0.05) is 53.9 Å². The van der Waals surface area contributed by atoms with Crippen LogP contribution in [0.1, 0.15) is 16.8 Å². The number of ether oxygens (including phenoxy) is 2. The average Bonchev–Trinajstić information content (AvgIpc) is 3.69. The number of nitrogens with zero attached hydrogens (tertiary/aromatic N) is 1. The van der Waals surface area contributed by atoms with E-state index >= 15 is 0 Å². The van der Waals surface area contributed by atoms with Crippen LogP contribution in [-0.2, 0) is 14.3 Å². The molecule has 3 aromatic rings. The van der Waals surface area contributed by atoms with Crippen molar-refractivity contribution in [2.24, 2.45) is 0 Å². The van der Waals surface area contributed by atoms with Crippen molar-refractivity contribution in [1.29, 1.82) is 0 Å². The predicted octanol–water partition coefficient (Wildman–Crippen LogP) is 3.32. The molecule has 2 saturated heterocycles. The Morgan fingerprint density at radius 2 is 1.85 bits per heavy atom. The highest BCUT2D eigenvalue weighted by atomic mass is 16.6. The molecule has 1 unspecified atom stereocenters. The second-order valence-corrected chi connectivity index (χ2v) is 8.61. The first-order valence-corrected chi connectivity index (χ1v) is 11.6. The van der Waals surface area contributed by atoms with Gasteiger partial charge in [-0.05, 0) is 41.9 Å². The van der Waals surface area contributed by atoms with Crippen LogP contribution in [0.15, 0.2) is 42.5 Å². The minimum Gasteiger partial charge on any atom is -0.384 e. The molecule has 172 valence electrons. The van der Waals surface area contributed by atoms with Crippen molar-refractivity contribution < 1.29 is 19.1 Å². The van der Waals surface area contributed by atoms with Crippen molar-refractivity contribution in [1.82, 2.24) is 4.90 Å². The molecule has 0 bridgehead atoms. The summed E-state index contributed by atoms with van der Waals surface area (Å²) in [4.78, 5) is 26.9. The molecule has 0 radical (unpaired) electrons. The van der Waals surface area contributed by atoms with Gasteiger partial charge in [0.05, 0.1) is 25.9 Å². The third-order valence-corrected chi connectivity index (χ3v) is 6.37. The van der Waals surface area contributed by atoms with E-state index in [2.05, 4.69) is 27.7 Å². The van der Waals surface area contributed by atoms with Gasteiger partial charge in [-0.15, -0.1) is 0 Å². The molecule has 2 heterocycles. The third-order valence-electron chi connectivity index (χ3n) is 6.37. The molecule has 2 aliphatic rings. The Kier molecular flexibility index (Phi) is 6.53. The molecular formula is C26H29N3O4. The zero-order valence-electron chi connectivity index (χ0n) is 18.6. The molecule has 5 rings (SSSR count). The lowest BCUT2D eigenvalue weighted by Gasteiger charge is -2.26. The zero-order chi connectivity index (χ0) is 22.6. The molecule has 33 heavy (non-hydrogen) atoms. The fourth-order valence-electron chi connectivity index (χ4n) is 4.56. The van der Waals surface area contributed by atoms with Gasteiger partial charge in [-0.25, -0.2) is 0 Å². The summed E-state index contributed by atoms with van der Waals surface area (Å²) in [7, 11) is 0. The first kappa shape index (κ1) is 21.8. The molecule has 3 aromatic carbocycles. The minimum absolute atomic E-state index is 0.198. The van der Waals surface area contributed by atoms with Crippen molar-refractivity contribution in [2.75, 3.05) is 63.2 Å². The lowest BCUT2D eigenvalue weighted by molar-refractivity contribution is -0.104. The van der Waals surface area contributed by atoms with Crippen LogP contribution in [0.5, 0.6) is 0 Å². The average molecular weight is 448 g/mol. The number of hydrogen-bond acceptors (Lipinski definition) is 7. The number of nitrogens with one attached hydrogen (secondary N) is 2. The van der Waals surface area contributed by atoms with E-state index < -0.39 is 5.78 Å². The van der Waals surface area contributed by atoms with Gasteiger partial charge in [0.15, 0.2) is 6.29 Å². The van der Waals surface area contributed by atoms with Gasteiger partial charge in [-0.2, -0.15) is 0 Å². The Balaban J connectivity index is 1.49. The molecule has 2 N–H and O–H groups in total. The van der Waals surface area contributed by atoms with E-state index in [1.54, 1.807) is 0 Å². The van der Waals surface area contributed by atoms with E-state index in [0.29, 0.717) is 18.4 Å². The maximum Gasteiger partial charge on any atom is 0.226 e. The molecule has 0 aromatic heterocycles. The lowest BCUT2D eigenvalue weighted by atomic mass is 9.92. The summed E-state index contributed by atoms with van der Waals surface area (Å²) in [6.07, 6.45) is 1.62. The molecule has 0 aliphatic carbocycles. The second kappa shape index (κ2) is 9.87. The zero-order valence-corrected chi connectivity index (χ0v) is 18.6. The third kappa shape index (κ3) is 4.85. The minimum atomic E-state index is -0.507. The number of carbonyl (C=O) groups excluding carboxylic acids is 2. The van der Waals surface area contributed by atoms with Gasteiger partial charge in [0.25, 0.3) is 0 Å². The number of anilines is 2. The summed E-state index contributed by atoms with van der Waals surface area (Å²) < 4.78 is 10.8. The number of carbonyl (C=O) groups is 2. The summed E-state index contributed by atoms with van der Waals surface area (Å²) in [6, 6.07) is 13.9. The van der Waals surface area contributed by atoms with E-state index in [4.69, 9.17) is 9.47 Å². The van der Waals surface area contributed by atoms with Crippen LogP contribution in [0.25, 0.3) is 21.5 Å². The van der Waals surface area contributed by atoms with Crippen molar-refractivity contribution in [3.63, 3.8) is 0 Å². The van der Waals surface area contributed by atoms with Crippen LogP contribution in [0.2, 0.25) is 0 Å². The maximum absolute atomic E-state index is 12.8. The highest BCUT2D eigenvalue weighted by molar-refractivity contribution is 6.41. The van der Waals surface area contributed by atoms with Gasteiger partial charge in [-0.3, -0.25) is 14.5 Å². The maximum atomic E-state index is 12.8. The predicted molar refractivity (Wildman–Crippen MR) is 130 cm³/mol. The fraction of sp³-hybridized carbons (Fsp3) is 0.385. The molecule has 0 spiro atoms. The largest absolute Gasteiger partial charge is 0.384 e. The van der Waals surface area contributed by atoms with E-state index in [-0.39, 0.29) is 6.10 Å².